The van der Waals surface area contributed by atoms with Gasteiger partial charge in [-0.1, -0.05) is 42.5 Å². The summed E-state index contributed by atoms with van der Waals surface area (Å²) in [5.41, 5.74) is 2.28. The van der Waals surface area contributed by atoms with Gasteiger partial charge in [0.15, 0.2) is 0 Å². The number of para-hydroxylation sites is 1. The van der Waals surface area contributed by atoms with Gasteiger partial charge in [-0.2, -0.15) is 4.98 Å². The number of aromatic nitrogens is 2. The van der Waals surface area contributed by atoms with E-state index >= 15 is 0 Å². The predicted molar refractivity (Wildman–Crippen MR) is 117 cm³/mol. The molecular formula is C24H27N5. The van der Waals surface area contributed by atoms with Crippen molar-refractivity contribution in [3.63, 3.8) is 0 Å². The first-order valence-corrected chi connectivity index (χ1v) is 10.9. The molecule has 2 aromatic carbocycles. The number of fused-ring (bicyclic) bond motifs is 3. The molecule has 7 rings (SSSR count). The van der Waals surface area contributed by atoms with Gasteiger partial charge in [-0.05, 0) is 54.8 Å². The van der Waals surface area contributed by atoms with Crippen LogP contribution in [-0.2, 0) is 6.54 Å². The Hall–Kier alpha value is -2.66. The fourth-order valence-electron chi connectivity index (χ4n) is 5.81. The van der Waals surface area contributed by atoms with E-state index < -0.39 is 0 Å². The minimum atomic E-state index is 0.572. The van der Waals surface area contributed by atoms with Crippen molar-refractivity contribution in [2.45, 2.75) is 25.4 Å². The van der Waals surface area contributed by atoms with Gasteiger partial charge in [-0.15, -0.1) is 0 Å². The third-order valence-electron chi connectivity index (χ3n) is 7.23. The van der Waals surface area contributed by atoms with Crippen molar-refractivity contribution < 1.29 is 0 Å². The zero-order chi connectivity index (χ0) is 19.2. The zero-order valence-corrected chi connectivity index (χ0v) is 16.6. The van der Waals surface area contributed by atoms with Gasteiger partial charge in [0.1, 0.15) is 5.82 Å². The van der Waals surface area contributed by atoms with Crippen LogP contribution >= 0.6 is 0 Å². The monoisotopic (exact) mass is 385 g/mol. The van der Waals surface area contributed by atoms with Crippen molar-refractivity contribution in [1.82, 2.24) is 15.3 Å². The molecule has 4 atom stereocenters. The van der Waals surface area contributed by atoms with E-state index in [9.17, 15) is 0 Å². The highest BCUT2D eigenvalue weighted by Gasteiger charge is 2.50. The Balaban J connectivity index is 1.35. The number of rotatable bonds is 4. The van der Waals surface area contributed by atoms with Crippen LogP contribution in [-0.4, -0.2) is 35.6 Å². The van der Waals surface area contributed by atoms with Gasteiger partial charge in [-0.25, -0.2) is 4.98 Å². The smallest absolute Gasteiger partial charge is 0.228 e. The summed E-state index contributed by atoms with van der Waals surface area (Å²) in [5.74, 6) is 4.21. The van der Waals surface area contributed by atoms with Crippen molar-refractivity contribution in [2.75, 3.05) is 29.9 Å². The number of nitrogens with one attached hydrogen (secondary N) is 2. The summed E-state index contributed by atoms with van der Waals surface area (Å²) >= 11 is 0. The van der Waals surface area contributed by atoms with E-state index in [0.717, 1.165) is 60.1 Å². The molecule has 0 radical (unpaired) electrons. The molecule has 148 valence electrons. The van der Waals surface area contributed by atoms with Gasteiger partial charge in [-0.3, -0.25) is 0 Å². The normalized spacial score (nSPS) is 27.9. The van der Waals surface area contributed by atoms with Crippen LogP contribution in [0.25, 0.3) is 10.9 Å². The van der Waals surface area contributed by atoms with Crippen molar-refractivity contribution in [3.8, 4) is 0 Å². The molecule has 2 N–H and O–H groups in total. The van der Waals surface area contributed by atoms with Crippen molar-refractivity contribution in [3.05, 3.63) is 60.2 Å². The molecular weight excluding hydrogens is 358 g/mol. The summed E-state index contributed by atoms with van der Waals surface area (Å²) in [5, 5.41) is 8.31. The minimum Gasteiger partial charge on any atom is -0.365 e. The number of hydrogen-bond acceptors (Lipinski definition) is 5. The number of benzene rings is 2. The third kappa shape index (κ3) is 2.96. The van der Waals surface area contributed by atoms with Crippen LogP contribution in [0.15, 0.2) is 54.6 Å². The summed E-state index contributed by atoms with van der Waals surface area (Å²) in [6.07, 6.45) is 2.63. The second-order valence-electron chi connectivity index (χ2n) is 8.77. The molecule has 4 fully saturated rings. The SMILES string of the molecule is c1ccc(CNc2nc(N3CC4CCC3C3CNCC43)nc3ccccc23)cc1. The second kappa shape index (κ2) is 6.99. The van der Waals surface area contributed by atoms with E-state index in [1.54, 1.807) is 0 Å². The van der Waals surface area contributed by atoms with E-state index in [2.05, 4.69) is 70.1 Å². The van der Waals surface area contributed by atoms with Crippen LogP contribution in [0.2, 0.25) is 0 Å². The first kappa shape index (κ1) is 17.2. The molecule has 4 heterocycles. The molecule has 3 aromatic rings. The maximum atomic E-state index is 5.06. The molecule has 0 amide bonds. The molecule has 0 spiro atoms. The fraction of sp³-hybridized carbons (Fsp3) is 0.417. The first-order valence-electron chi connectivity index (χ1n) is 10.9. The van der Waals surface area contributed by atoms with Gasteiger partial charge in [0, 0.05) is 31.1 Å². The lowest BCUT2D eigenvalue weighted by Crippen LogP contribution is -2.58. The molecule has 4 aliphatic rings. The van der Waals surface area contributed by atoms with Crippen molar-refractivity contribution in [2.24, 2.45) is 17.8 Å². The van der Waals surface area contributed by atoms with Crippen molar-refractivity contribution >= 4 is 22.7 Å². The molecule has 4 unspecified atom stereocenters. The quantitative estimate of drug-likeness (QED) is 0.718. The highest BCUT2D eigenvalue weighted by molar-refractivity contribution is 5.90. The van der Waals surface area contributed by atoms with Crippen LogP contribution in [0.4, 0.5) is 11.8 Å². The van der Waals surface area contributed by atoms with E-state index in [1.807, 2.05) is 0 Å². The highest BCUT2D eigenvalue weighted by Crippen LogP contribution is 2.46. The fourth-order valence-corrected chi connectivity index (χ4v) is 5.81. The lowest BCUT2D eigenvalue weighted by Gasteiger charge is -2.52. The Kier molecular flexibility index (Phi) is 4.15. The Morgan fingerprint density at radius 2 is 1.76 bits per heavy atom. The van der Waals surface area contributed by atoms with Crippen LogP contribution in [0.5, 0.6) is 0 Å². The maximum absolute atomic E-state index is 5.06. The Morgan fingerprint density at radius 1 is 0.931 bits per heavy atom. The maximum Gasteiger partial charge on any atom is 0.228 e. The summed E-state index contributed by atoms with van der Waals surface area (Å²) in [6.45, 7) is 4.21. The molecule has 5 nitrogen and oxygen atoms in total. The lowest BCUT2D eigenvalue weighted by molar-refractivity contribution is 0.119. The number of piperidine rings is 2. The average Bonchev–Trinajstić information content (AvgIpc) is 3.30. The number of nitrogens with zero attached hydrogens (tertiary/aromatic N) is 3. The van der Waals surface area contributed by atoms with E-state index in [1.165, 1.54) is 24.9 Å². The van der Waals surface area contributed by atoms with E-state index in [0.29, 0.717) is 6.04 Å². The zero-order valence-electron chi connectivity index (χ0n) is 16.6. The van der Waals surface area contributed by atoms with Gasteiger partial charge < -0.3 is 15.5 Å². The largest absolute Gasteiger partial charge is 0.365 e. The lowest BCUT2D eigenvalue weighted by atomic mass is 9.67. The first-order chi connectivity index (χ1) is 14.4. The summed E-state index contributed by atoms with van der Waals surface area (Å²) < 4.78 is 0. The molecule has 3 saturated heterocycles. The number of hydrogen-bond donors (Lipinski definition) is 2. The second-order valence-corrected chi connectivity index (χ2v) is 8.77. The molecule has 29 heavy (non-hydrogen) atoms. The summed E-state index contributed by atoms with van der Waals surface area (Å²) in [7, 11) is 0. The molecule has 2 bridgehead atoms. The summed E-state index contributed by atoms with van der Waals surface area (Å²) in [6, 6.07) is 19.4. The summed E-state index contributed by atoms with van der Waals surface area (Å²) in [4.78, 5) is 12.6. The minimum absolute atomic E-state index is 0.572. The van der Waals surface area contributed by atoms with Gasteiger partial charge in [0.25, 0.3) is 0 Å². The van der Waals surface area contributed by atoms with Crippen LogP contribution in [0.3, 0.4) is 0 Å². The van der Waals surface area contributed by atoms with Crippen LogP contribution in [0.1, 0.15) is 18.4 Å². The van der Waals surface area contributed by atoms with Crippen molar-refractivity contribution in [1.29, 1.82) is 0 Å². The molecule has 5 heteroatoms. The van der Waals surface area contributed by atoms with Gasteiger partial charge in [0.05, 0.1) is 5.52 Å². The van der Waals surface area contributed by atoms with E-state index in [-0.39, 0.29) is 0 Å². The topological polar surface area (TPSA) is 53.1 Å². The molecule has 1 aliphatic carbocycles. The molecule has 1 aromatic heterocycles. The number of anilines is 2. The standard InChI is InChI=1S/C24H27N5/c1-2-6-16(7-3-1)12-26-23-18-8-4-5-9-21(18)27-24(28-23)29-15-17-10-11-22(29)20-14-25-13-19(17)20/h1-9,17,19-20,22,25H,10-15H2,(H,26,27,28). The Labute approximate surface area is 171 Å². The van der Waals surface area contributed by atoms with E-state index in [4.69, 9.17) is 9.97 Å². The molecule has 1 saturated carbocycles. The Morgan fingerprint density at radius 3 is 2.69 bits per heavy atom. The van der Waals surface area contributed by atoms with Gasteiger partial charge >= 0.3 is 0 Å². The third-order valence-corrected chi connectivity index (χ3v) is 7.23. The average molecular weight is 386 g/mol. The van der Waals surface area contributed by atoms with Gasteiger partial charge in [0.2, 0.25) is 5.95 Å². The highest BCUT2D eigenvalue weighted by atomic mass is 15.3. The van der Waals surface area contributed by atoms with Crippen LogP contribution < -0.4 is 15.5 Å². The predicted octanol–water partition coefficient (Wildman–Crippen LogP) is 3.68. The van der Waals surface area contributed by atoms with Crippen LogP contribution in [0, 0.1) is 17.8 Å². The molecule has 3 aliphatic heterocycles. The Bertz CT molecular complexity index is 1020.